The van der Waals surface area contributed by atoms with E-state index in [4.69, 9.17) is 4.74 Å². The van der Waals surface area contributed by atoms with Crippen molar-refractivity contribution in [2.75, 3.05) is 18.2 Å². The number of hydrogen-bond acceptors (Lipinski definition) is 8. The van der Waals surface area contributed by atoms with Crippen LogP contribution in [-0.4, -0.2) is 44.4 Å². The number of aryl methyl sites for hydroxylation is 1. The molecule has 1 aromatic heterocycles. The van der Waals surface area contributed by atoms with Crippen molar-refractivity contribution < 1.29 is 19.2 Å². The Morgan fingerprint density at radius 3 is 2.53 bits per heavy atom. The summed E-state index contributed by atoms with van der Waals surface area (Å²) in [7, 11) is 3.31. The number of methoxy groups -OCH3 is 1. The fourth-order valence-corrected chi connectivity index (χ4v) is 3.85. The van der Waals surface area contributed by atoms with Gasteiger partial charge in [0.1, 0.15) is 5.75 Å². The van der Waals surface area contributed by atoms with E-state index in [1.165, 1.54) is 30.0 Å². The van der Waals surface area contributed by atoms with E-state index >= 15 is 0 Å². The molecule has 0 radical (unpaired) electrons. The third-order valence-electron chi connectivity index (χ3n) is 4.98. The van der Waals surface area contributed by atoms with Crippen LogP contribution < -0.4 is 15.4 Å². The van der Waals surface area contributed by atoms with Crippen LogP contribution in [0, 0.1) is 17.0 Å². The van der Waals surface area contributed by atoms with Crippen molar-refractivity contribution in [2.45, 2.75) is 25.0 Å². The van der Waals surface area contributed by atoms with Gasteiger partial charge in [0.2, 0.25) is 5.91 Å². The lowest BCUT2D eigenvalue weighted by atomic mass is 10.2. The number of carbonyl (C=O) groups is 2. The molecular formula is C22H24N6O5S. The highest BCUT2D eigenvalue weighted by Crippen LogP contribution is 2.23. The second-order valence-corrected chi connectivity index (χ2v) is 8.36. The standard InChI is InChI=1S/C22H24N6O5S/c1-13-11-16(28(31)32)7-10-18(13)24-19(29)12-34-22-26-25-20(27(22)3)14(2)23-21(30)15-5-8-17(33-4)9-6-15/h5-11,14H,12H2,1-4H3,(H,23,30)(H,24,29)/t14-/m1/s1. The highest BCUT2D eigenvalue weighted by molar-refractivity contribution is 7.99. The quantitative estimate of drug-likeness (QED) is 0.268. The van der Waals surface area contributed by atoms with Crippen molar-refractivity contribution in [3.63, 3.8) is 0 Å². The largest absolute Gasteiger partial charge is 0.497 e. The summed E-state index contributed by atoms with van der Waals surface area (Å²) >= 11 is 1.19. The highest BCUT2D eigenvalue weighted by atomic mass is 32.2. The van der Waals surface area contributed by atoms with E-state index in [0.29, 0.717) is 33.5 Å². The molecule has 12 heteroatoms. The van der Waals surface area contributed by atoms with Gasteiger partial charge in [0.05, 0.1) is 23.8 Å². The zero-order valence-corrected chi connectivity index (χ0v) is 19.9. The number of nitrogens with zero attached hydrogens (tertiary/aromatic N) is 4. The zero-order chi connectivity index (χ0) is 24.8. The molecule has 2 aromatic carbocycles. The molecule has 178 valence electrons. The summed E-state index contributed by atoms with van der Waals surface area (Å²) in [5, 5.41) is 25.3. The molecule has 11 nitrogen and oxygen atoms in total. The van der Waals surface area contributed by atoms with E-state index in [-0.39, 0.29) is 23.3 Å². The molecule has 0 bridgehead atoms. The van der Waals surface area contributed by atoms with Gasteiger partial charge < -0.3 is 19.9 Å². The Morgan fingerprint density at radius 1 is 1.21 bits per heavy atom. The normalized spacial score (nSPS) is 11.5. The van der Waals surface area contributed by atoms with Gasteiger partial charge in [0.15, 0.2) is 11.0 Å². The first-order chi connectivity index (χ1) is 16.2. The summed E-state index contributed by atoms with van der Waals surface area (Å²) < 4.78 is 6.82. The summed E-state index contributed by atoms with van der Waals surface area (Å²) in [6, 6.07) is 10.6. The fourth-order valence-electron chi connectivity index (χ4n) is 3.13. The van der Waals surface area contributed by atoms with Crippen LogP contribution in [0.4, 0.5) is 11.4 Å². The van der Waals surface area contributed by atoms with Gasteiger partial charge in [-0.15, -0.1) is 10.2 Å². The van der Waals surface area contributed by atoms with E-state index < -0.39 is 11.0 Å². The Kier molecular flexibility index (Phi) is 7.84. The Hall–Kier alpha value is -3.93. The second kappa shape index (κ2) is 10.8. The maximum Gasteiger partial charge on any atom is 0.269 e. The molecular weight excluding hydrogens is 460 g/mol. The smallest absolute Gasteiger partial charge is 0.269 e. The number of nitro groups is 1. The van der Waals surface area contributed by atoms with Crippen molar-refractivity contribution in [2.24, 2.45) is 7.05 Å². The number of hydrogen-bond donors (Lipinski definition) is 2. The zero-order valence-electron chi connectivity index (χ0n) is 19.1. The number of amides is 2. The highest BCUT2D eigenvalue weighted by Gasteiger charge is 2.19. The van der Waals surface area contributed by atoms with Crippen LogP contribution in [-0.2, 0) is 11.8 Å². The molecule has 2 N–H and O–H groups in total. The van der Waals surface area contributed by atoms with Crippen molar-refractivity contribution in [3.8, 4) is 5.75 Å². The Morgan fingerprint density at radius 2 is 1.91 bits per heavy atom. The summed E-state index contributed by atoms with van der Waals surface area (Å²) in [6.45, 7) is 3.48. The van der Waals surface area contributed by atoms with Gasteiger partial charge in [-0.3, -0.25) is 19.7 Å². The second-order valence-electron chi connectivity index (χ2n) is 7.42. The predicted octanol–water partition coefficient (Wildman–Crippen LogP) is 3.26. The number of anilines is 1. The molecule has 1 atom stereocenters. The first-order valence-corrected chi connectivity index (χ1v) is 11.2. The minimum atomic E-state index is -0.486. The number of benzene rings is 2. The van der Waals surface area contributed by atoms with Crippen molar-refractivity contribution in [3.05, 3.63) is 69.5 Å². The van der Waals surface area contributed by atoms with Crippen LogP contribution in [0.2, 0.25) is 0 Å². The lowest BCUT2D eigenvalue weighted by molar-refractivity contribution is -0.384. The summed E-state index contributed by atoms with van der Waals surface area (Å²) in [4.78, 5) is 35.3. The molecule has 0 saturated heterocycles. The average Bonchev–Trinajstić information content (AvgIpc) is 3.19. The van der Waals surface area contributed by atoms with Crippen LogP contribution in [0.25, 0.3) is 0 Å². The van der Waals surface area contributed by atoms with E-state index in [1.807, 2.05) is 0 Å². The molecule has 0 spiro atoms. The molecule has 0 aliphatic rings. The first-order valence-electron chi connectivity index (χ1n) is 10.2. The van der Waals surface area contributed by atoms with E-state index in [0.717, 1.165) is 0 Å². The maximum absolute atomic E-state index is 12.5. The topological polar surface area (TPSA) is 141 Å². The van der Waals surface area contributed by atoms with Gasteiger partial charge in [0.25, 0.3) is 11.6 Å². The number of aromatic nitrogens is 3. The van der Waals surface area contributed by atoms with Crippen molar-refractivity contribution in [1.82, 2.24) is 20.1 Å². The maximum atomic E-state index is 12.5. The van der Waals surface area contributed by atoms with Gasteiger partial charge in [-0.1, -0.05) is 11.8 Å². The Balaban J connectivity index is 1.57. The minimum Gasteiger partial charge on any atom is -0.497 e. The molecule has 2 amide bonds. The predicted molar refractivity (Wildman–Crippen MR) is 127 cm³/mol. The molecule has 0 fully saturated rings. The third-order valence-corrected chi connectivity index (χ3v) is 6.00. The van der Waals surface area contributed by atoms with E-state index in [2.05, 4.69) is 20.8 Å². The molecule has 3 rings (SSSR count). The molecule has 34 heavy (non-hydrogen) atoms. The van der Waals surface area contributed by atoms with Gasteiger partial charge in [-0.05, 0) is 49.7 Å². The molecule has 0 aliphatic heterocycles. The van der Waals surface area contributed by atoms with Crippen LogP contribution in [0.1, 0.15) is 34.7 Å². The lowest BCUT2D eigenvalue weighted by Crippen LogP contribution is -2.28. The van der Waals surface area contributed by atoms with Gasteiger partial charge in [0, 0.05) is 30.4 Å². The monoisotopic (exact) mass is 484 g/mol. The number of ether oxygens (including phenoxy) is 1. The van der Waals surface area contributed by atoms with Crippen LogP contribution in [0.5, 0.6) is 5.75 Å². The lowest BCUT2D eigenvalue weighted by Gasteiger charge is -2.14. The average molecular weight is 485 g/mol. The fraction of sp³-hybridized carbons (Fsp3) is 0.273. The number of nitro benzene ring substituents is 1. The number of rotatable bonds is 9. The SMILES string of the molecule is COc1ccc(C(=O)N[C@H](C)c2nnc(SCC(=O)Nc3ccc([N+](=O)[O-])cc3C)n2C)cc1. The molecule has 3 aromatic rings. The third kappa shape index (κ3) is 5.90. The summed E-state index contributed by atoms with van der Waals surface area (Å²) in [5.41, 5.74) is 1.55. The molecule has 0 aliphatic carbocycles. The van der Waals surface area contributed by atoms with Crippen LogP contribution >= 0.6 is 11.8 Å². The van der Waals surface area contributed by atoms with Gasteiger partial charge in [-0.25, -0.2) is 0 Å². The molecule has 0 unspecified atom stereocenters. The van der Waals surface area contributed by atoms with Crippen molar-refractivity contribution in [1.29, 1.82) is 0 Å². The van der Waals surface area contributed by atoms with E-state index in [9.17, 15) is 19.7 Å². The number of thioether (sulfide) groups is 1. The number of non-ortho nitro benzene ring substituents is 1. The van der Waals surface area contributed by atoms with Crippen LogP contribution in [0.3, 0.4) is 0 Å². The minimum absolute atomic E-state index is 0.0373. The van der Waals surface area contributed by atoms with Gasteiger partial charge >= 0.3 is 0 Å². The molecule has 1 heterocycles. The van der Waals surface area contributed by atoms with Crippen LogP contribution in [0.15, 0.2) is 47.6 Å². The number of nitrogens with one attached hydrogen (secondary N) is 2. The number of carbonyl (C=O) groups excluding carboxylic acids is 2. The first kappa shape index (κ1) is 24.7. The Bertz CT molecular complexity index is 1210. The van der Waals surface area contributed by atoms with Gasteiger partial charge in [-0.2, -0.15) is 0 Å². The van der Waals surface area contributed by atoms with E-state index in [1.54, 1.807) is 56.8 Å². The summed E-state index contributed by atoms with van der Waals surface area (Å²) in [5.74, 6) is 0.718. The molecule has 0 saturated carbocycles. The van der Waals surface area contributed by atoms with Crippen molar-refractivity contribution >= 4 is 35.0 Å². The Labute approximate surface area is 200 Å². The summed E-state index contributed by atoms with van der Waals surface area (Å²) in [6.07, 6.45) is 0.